The molecule has 144 valence electrons. The second kappa shape index (κ2) is 7.48. The number of hydrogen-bond donors (Lipinski definition) is 2. The summed E-state index contributed by atoms with van der Waals surface area (Å²) in [5, 5.41) is 4.36. The molecular formula is C22H23N3O3. The lowest BCUT2D eigenvalue weighted by Crippen LogP contribution is -2.39. The van der Waals surface area contributed by atoms with Crippen LogP contribution in [0.3, 0.4) is 0 Å². The van der Waals surface area contributed by atoms with Crippen LogP contribution in [0.25, 0.3) is 10.9 Å². The van der Waals surface area contributed by atoms with Crippen LogP contribution < -0.4 is 15.0 Å². The molecule has 0 saturated carbocycles. The van der Waals surface area contributed by atoms with Gasteiger partial charge in [-0.1, -0.05) is 18.2 Å². The summed E-state index contributed by atoms with van der Waals surface area (Å²) in [5.74, 6) is 0.472. The number of methoxy groups -OCH3 is 1. The number of carbonyl (C=O) groups is 2. The summed E-state index contributed by atoms with van der Waals surface area (Å²) in [7, 11) is 1.65. The number of rotatable bonds is 6. The smallest absolute Gasteiger partial charge is 0.251 e. The number of ether oxygens (including phenoxy) is 1. The summed E-state index contributed by atoms with van der Waals surface area (Å²) in [6.45, 7) is 2.51. The van der Waals surface area contributed by atoms with Gasteiger partial charge in [0.25, 0.3) is 5.91 Å². The first-order valence-electron chi connectivity index (χ1n) is 9.38. The predicted molar refractivity (Wildman–Crippen MR) is 109 cm³/mol. The molecule has 6 heteroatoms. The normalized spacial score (nSPS) is 16.9. The van der Waals surface area contributed by atoms with Gasteiger partial charge in [-0.15, -0.1) is 0 Å². The summed E-state index contributed by atoms with van der Waals surface area (Å²) in [5.41, 5.74) is 3.78. The van der Waals surface area contributed by atoms with Gasteiger partial charge < -0.3 is 15.0 Å². The Balaban J connectivity index is 1.43. The molecule has 1 atom stereocenters. The number of H-pyrrole nitrogens is 1. The van der Waals surface area contributed by atoms with Crippen LogP contribution in [0.15, 0.2) is 48.7 Å². The first-order chi connectivity index (χ1) is 13.6. The third-order valence-electron chi connectivity index (χ3n) is 5.26. The molecule has 3 aromatic rings. The van der Waals surface area contributed by atoms with Crippen LogP contribution in [0.4, 0.5) is 5.69 Å². The maximum absolute atomic E-state index is 12.8. The number of hydrogen-bond acceptors (Lipinski definition) is 4. The second-order valence-corrected chi connectivity index (χ2v) is 7.04. The first kappa shape index (κ1) is 18.3. The summed E-state index contributed by atoms with van der Waals surface area (Å²) in [4.78, 5) is 29.8. The lowest BCUT2D eigenvalue weighted by molar-refractivity contribution is -0.121. The minimum absolute atomic E-state index is 0.159. The molecule has 2 heterocycles. The molecule has 1 unspecified atom stereocenters. The Morgan fingerprint density at radius 3 is 2.82 bits per heavy atom. The Morgan fingerprint density at radius 2 is 2.04 bits per heavy atom. The maximum atomic E-state index is 12.8. The lowest BCUT2D eigenvalue weighted by atomic mass is 10.1. The molecule has 0 bridgehead atoms. The Morgan fingerprint density at radius 1 is 1.21 bits per heavy atom. The van der Waals surface area contributed by atoms with Gasteiger partial charge in [-0.05, 0) is 48.7 Å². The topological polar surface area (TPSA) is 74.4 Å². The minimum Gasteiger partial charge on any atom is -0.497 e. The van der Waals surface area contributed by atoms with Gasteiger partial charge in [0, 0.05) is 23.6 Å². The molecule has 2 N–H and O–H groups in total. The summed E-state index contributed by atoms with van der Waals surface area (Å²) < 4.78 is 5.30. The van der Waals surface area contributed by atoms with Crippen molar-refractivity contribution in [2.75, 3.05) is 18.6 Å². The van der Waals surface area contributed by atoms with Crippen molar-refractivity contribution in [2.24, 2.45) is 0 Å². The lowest BCUT2D eigenvalue weighted by Gasteiger charge is -2.17. The molecule has 0 spiro atoms. The van der Waals surface area contributed by atoms with Crippen LogP contribution in [0.5, 0.6) is 5.75 Å². The largest absolute Gasteiger partial charge is 0.497 e. The number of fused-ring (bicyclic) bond motifs is 1. The van der Waals surface area contributed by atoms with Crippen LogP contribution in [0.1, 0.15) is 17.5 Å². The van der Waals surface area contributed by atoms with Crippen molar-refractivity contribution in [1.82, 2.24) is 10.3 Å². The van der Waals surface area contributed by atoms with E-state index in [9.17, 15) is 9.59 Å². The maximum Gasteiger partial charge on any atom is 0.251 e. The average molecular weight is 377 g/mol. The zero-order valence-electron chi connectivity index (χ0n) is 16.0. The molecule has 1 saturated heterocycles. The SMILES string of the molecule is COc1ccc2[nH]cc(CCNC3CC(=O)N(c4ccccc4C)C3=O)c2c1. The van der Waals surface area contributed by atoms with E-state index in [1.54, 1.807) is 7.11 Å². The van der Waals surface area contributed by atoms with Crippen molar-refractivity contribution in [3.05, 3.63) is 59.8 Å². The number of para-hydroxylation sites is 1. The third-order valence-corrected chi connectivity index (χ3v) is 5.26. The van der Waals surface area contributed by atoms with Crippen molar-refractivity contribution in [1.29, 1.82) is 0 Å². The molecule has 28 heavy (non-hydrogen) atoms. The summed E-state index contributed by atoms with van der Waals surface area (Å²) in [6, 6.07) is 12.9. The highest BCUT2D eigenvalue weighted by Crippen LogP contribution is 2.26. The van der Waals surface area contributed by atoms with Gasteiger partial charge in [0.1, 0.15) is 5.75 Å². The monoisotopic (exact) mass is 377 g/mol. The number of nitrogens with zero attached hydrogens (tertiary/aromatic N) is 1. The predicted octanol–water partition coefficient (Wildman–Crippen LogP) is 2.95. The molecular weight excluding hydrogens is 354 g/mol. The molecule has 1 fully saturated rings. The molecule has 0 radical (unpaired) electrons. The molecule has 6 nitrogen and oxygen atoms in total. The number of nitrogens with one attached hydrogen (secondary N) is 2. The number of carbonyl (C=O) groups excluding carboxylic acids is 2. The summed E-state index contributed by atoms with van der Waals surface area (Å²) >= 11 is 0. The first-order valence-corrected chi connectivity index (χ1v) is 9.38. The zero-order chi connectivity index (χ0) is 19.7. The number of aromatic nitrogens is 1. The highest BCUT2D eigenvalue weighted by molar-refractivity contribution is 6.22. The van der Waals surface area contributed by atoms with Crippen LogP contribution in [-0.4, -0.2) is 36.5 Å². The van der Waals surface area contributed by atoms with E-state index in [-0.39, 0.29) is 18.2 Å². The minimum atomic E-state index is -0.480. The van der Waals surface area contributed by atoms with Gasteiger partial charge in [0.15, 0.2) is 0 Å². The van der Waals surface area contributed by atoms with E-state index in [0.29, 0.717) is 12.2 Å². The van der Waals surface area contributed by atoms with Gasteiger partial charge in [-0.2, -0.15) is 0 Å². The number of imide groups is 1. The van der Waals surface area contributed by atoms with Crippen LogP contribution >= 0.6 is 0 Å². The number of aromatic amines is 1. The Kier molecular flexibility index (Phi) is 4.88. The van der Waals surface area contributed by atoms with Crippen LogP contribution in [0.2, 0.25) is 0 Å². The molecule has 2 amide bonds. The van der Waals surface area contributed by atoms with Crippen molar-refractivity contribution < 1.29 is 14.3 Å². The fraction of sp³-hybridized carbons (Fsp3) is 0.273. The van der Waals surface area contributed by atoms with E-state index in [0.717, 1.165) is 34.2 Å². The van der Waals surface area contributed by atoms with Crippen LogP contribution in [0, 0.1) is 6.92 Å². The number of benzene rings is 2. The van der Waals surface area contributed by atoms with Crippen molar-refractivity contribution in [3.8, 4) is 5.75 Å². The highest BCUT2D eigenvalue weighted by Gasteiger charge is 2.39. The van der Waals surface area contributed by atoms with Gasteiger partial charge in [-0.3, -0.25) is 9.59 Å². The zero-order valence-corrected chi connectivity index (χ0v) is 16.0. The molecule has 1 aromatic heterocycles. The van der Waals surface area contributed by atoms with Gasteiger partial charge in [0.05, 0.1) is 25.3 Å². The van der Waals surface area contributed by atoms with Gasteiger partial charge in [0.2, 0.25) is 5.91 Å². The molecule has 0 aliphatic carbocycles. The fourth-order valence-electron chi connectivity index (χ4n) is 3.73. The Hall–Kier alpha value is -3.12. The van der Waals surface area contributed by atoms with Crippen molar-refractivity contribution >= 4 is 28.4 Å². The third kappa shape index (κ3) is 3.27. The van der Waals surface area contributed by atoms with Gasteiger partial charge in [-0.25, -0.2) is 4.90 Å². The average Bonchev–Trinajstić information content (AvgIpc) is 3.22. The molecule has 2 aromatic carbocycles. The van der Waals surface area contributed by atoms with E-state index in [1.165, 1.54) is 4.90 Å². The second-order valence-electron chi connectivity index (χ2n) is 7.04. The van der Waals surface area contributed by atoms with E-state index in [1.807, 2.05) is 55.6 Å². The quantitative estimate of drug-likeness (QED) is 0.648. The molecule has 1 aliphatic heterocycles. The highest BCUT2D eigenvalue weighted by atomic mass is 16.5. The number of anilines is 1. The van der Waals surface area contributed by atoms with Crippen molar-refractivity contribution in [2.45, 2.75) is 25.8 Å². The van der Waals surface area contributed by atoms with E-state index in [2.05, 4.69) is 10.3 Å². The fourth-order valence-corrected chi connectivity index (χ4v) is 3.73. The van der Waals surface area contributed by atoms with E-state index < -0.39 is 6.04 Å². The molecule has 4 rings (SSSR count). The Labute approximate surface area is 163 Å². The van der Waals surface area contributed by atoms with Crippen LogP contribution in [-0.2, 0) is 16.0 Å². The standard InChI is InChI=1S/C22H23N3O3/c1-14-5-3-4-6-20(14)25-21(26)12-19(22(25)27)23-10-9-15-13-24-18-8-7-16(28-2)11-17(15)18/h3-8,11,13,19,23-24H,9-10,12H2,1-2H3. The van der Waals surface area contributed by atoms with Crippen molar-refractivity contribution in [3.63, 3.8) is 0 Å². The number of aryl methyl sites for hydroxylation is 1. The number of amides is 2. The molecule has 1 aliphatic rings. The Bertz CT molecular complexity index is 1040. The van der Waals surface area contributed by atoms with Gasteiger partial charge >= 0.3 is 0 Å². The summed E-state index contributed by atoms with van der Waals surface area (Å²) in [6.07, 6.45) is 2.91. The van der Waals surface area contributed by atoms with E-state index >= 15 is 0 Å². The van der Waals surface area contributed by atoms with E-state index in [4.69, 9.17) is 4.74 Å².